The Balaban J connectivity index is 2.74. The van der Waals surface area contributed by atoms with Crippen LogP contribution in [0.4, 0.5) is 0 Å². The fourth-order valence-corrected chi connectivity index (χ4v) is 3.31. The van der Waals surface area contributed by atoms with Gasteiger partial charge in [0.1, 0.15) is 0 Å². The van der Waals surface area contributed by atoms with Crippen LogP contribution in [0.2, 0.25) is 0 Å². The van der Waals surface area contributed by atoms with Gasteiger partial charge in [0.25, 0.3) is 0 Å². The minimum Gasteiger partial charge on any atom is -0.0651 e. The van der Waals surface area contributed by atoms with Crippen LogP contribution in [0, 0.1) is 29.1 Å². The molecule has 1 rings (SSSR count). The van der Waals surface area contributed by atoms with Crippen molar-refractivity contribution < 1.29 is 0 Å². The van der Waals surface area contributed by atoms with E-state index >= 15 is 0 Å². The number of rotatable bonds is 3. The van der Waals surface area contributed by atoms with Crippen LogP contribution < -0.4 is 0 Å². The van der Waals surface area contributed by atoms with E-state index in [0.717, 1.165) is 23.7 Å². The minimum absolute atomic E-state index is 0.606. The standard InChI is InChI=1S/C14H28/c1-7-10(2)12(4)14(6)9-8-11(3)13(14)5/h10-13H,7-9H2,1-6H3. The van der Waals surface area contributed by atoms with Gasteiger partial charge in [0, 0.05) is 0 Å². The van der Waals surface area contributed by atoms with E-state index in [4.69, 9.17) is 0 Å². The predicted octanol–water partition coefficient (Wildman–Crippen LogP) is 4.74. The molecule has 0 spiro atoms. The summed E-state index contributed by atoms with van der Waals surface area (Å²) >= 11 is 0. The number of hydrogen-bond donors (Lipinski definition) is 0. The van der Waals surface area contributed by atoms with E-state index in [1.807, 2.05) is 0 Å². The van der Waals surface area contributed by atoms with Gasteiger partial charge in [-0.25, -0.2) is 0 Å². The maximum atomic E-state index is 2.53. The van der Waals surface area contributed by atoms with E-state index < -0.39 is 0 Å². The minimum atomic E-state index is 0.606. The zero-order valence-corrected chi connectivity index (χ0v) is 10.9. The van der Waals surface area contributed by atoms with Crippen LogP contribution in [0.15, 0.2) is 0 Å². The largest absolute Gasteiger partial charge is 0.0651 e. The highest BCUT2D eigenvalue weighted by Crippen LogP contribution is 2.53. The normalized spacial score (nSPS) is 42.4. The van der Waals surface area contributed by atoms with Gasteiger partial charge in [-0.1, -0.05) is 48.0 Å². The molecule has 0 N–H and O–H groups in total. The first-order valence-electron chi connectivity index (χ1n) is 6.43. The molecule has 0 amide bonds. The molecule has 84 valence electrons. The van der Waals surface area contributed by atoms with Crippen molar-refractivity contribution in [2.45, 2.75) is 60.8 Å². The Bertz CT molecular complexity index is 184. The second-order valence-corrected chi connectivity index (χ2v) is 5.98. The van der Waals surface area contributed by atoms with Gasteiger partial charge in [0.15, 0.2) is 0 Å². The molecule has 0 aromatic rings. The summed E-state index contributed by atoms with van der Waals surface area (Å²) in [5.74, 6) is 3.61. The van der Waals surface area contributed by atoms with Crippen LogP contribution in [0.25, 0.3) is 0 Å². The lowest BCUT2D eigenvalue weighted by Crippen LogP contribution is -2.33. The molecular weight excluding hydrogens is 168 g/mol. The maximum Gasteiger partial charge on any atom is -0.0269 e. The monoisotopic (exact) mass is 196 g/mol. The van der Waals surface area contributed by atoms with Gasteiger partial charge < -0.3 is 0 Å². The fourth-order valence-electron chi connectivity index (χ4n) is 3.31. The van der Waals surface area contributed by atoms with Crippen LogP contribution in [-0.2, 0) is 0 Å². The molecule has 0 radical (unpaired) electrons. The van der Waals surface area contributed by atoms with Crippen molar-refractivity contribution in [3.05, 3.63) is 0 Å². The van der Waals surface area contributed by atoms with Crippen LogP contribution in [0.5, 0.6) is 0 Å². The zero-order chi connectivity index (χ0) is 10.9. The molecule has 0 aromatic heterocycles. The summed E-state index contributed by atoms with van der Waals surface area (Å²) in [6.45, 7) is 14.6. The van der Waals surface area contributed by atoms with Crippen molar-refractivity contribution in [2.24, 2.45) is 29.1 Å². The van der Waals surface area contributed by atoms with Gasteiger partial charge in [-0.2, -0.15) is 0 Å². The third-order valence-corrected chi connectivity index (χ3v) is 5.57. The second kappa shape index (κ2) is 4.24. The van der Waals surface area contributed by atoms with Gasteiger partial charge in [0.05, 0.1) is 0 Å². The highest BCUT2D eigenvalue weighted by molar-refractivity contribution is 4.94. The van der Waals surface area contributed by atoms with Crippen LogP contribution >= 0.6 is 0 Å². The summed E-state index contributed by atoms with van der Waals surface area (Å²) in [5.41, 5.74) is 0.606. The third-order valence-electron chi connectivity index (χ3n) is 5.57. The molecule has 5 unspecified atom stereocenters. The van der Waals surface area contributed by atoms with E-state index in [-0.39, 0.29) is 0 Å². The Morgan fingerprint density at radius 3 is 2.21 bits per heavy atom. The van der Waals surface area contributed by atoms with E-state index in [0.29, 0.717) is 5.41 Å². The lowest BCUT2D eigenvalue weighted by Gasteiger charge is -2.40. The van der Waals surface area contributed by atoms with Crippen LogP contribution in [0.1, 0.15) is 60.8 Å². The molecule has 0 aromatic carbocycles. The summed E-state index contributed by atoms with van der Waals surface area (Å²) in [6, 6.07) is 0. The quantitative estimate of drug-likeness (QED) is 0.611. The van der Waals surface area contributed by atoms with Crippen molar-refractivity contribution in [1.29, 1.82) is 0 Å². The van der Waals surface area contributed by atoms with Crippen LogP contribution in [-0.4, -0.2) is 0 Å². The topological polar surface area (TPSA) is 0 Å². The molecule has 1 aliphatic carbocycles. The zero-order valence-electron chi connectivity index (χ0n) is 10.9. The molecule has 1 saturated carbocycles. The van der Waals surface area contributed by atoms with Crippen molar-refractivity contribution in [3.8, 4) is 0 Å². The second-order valence-electron chi connectivity index (χ2n) is 5.98. The molecule has 0 heteroatoms. The van der Waals surface area contributed by atoms with E-state index in [1.54, 1.807) is 0 Å². The number of hydrogen-bond acceptors (Lipinski definition) is 0. The third kappa shape index (κ3) is 1.85. The van der Waals surface area contributed by atoms with Gasteiger partial charge in [-0.15, -0.1) is 0 Å². The Morgan fingerprint density at radius 2 is 1.86 bits per heavy atom. The molecular formula is C14H28. The molecule has 0 bridgehead atoms. The summed E-state index contributed by atoms with van der Waals surface area (Å²) in [5, 5.41) is 0. The molecule has 0 aliphatic heterocycles. The average molecular weight is 196 g/mol. The molecule has 1 fully saturated rings. The molecule has 5 atom stereocenters. The van der Waals surface area contributed by atoms with E-state index in [2.05, 4.69) is 41.5 Å². The molecule has 0 saturated heterocycles. The van der Waals surface area contributed by atoms with E-state index in [9.17, 15) is 0 Å². The predicted molar refractivity (Wildman–Crippen MR) is 64.3 cm³/mol. The summed E-state index contributed by atoms with van der Waals surface area (Å²) in [6.07, 6.45) is 4.22. The Labute approximate surface area is 90.5 Å². The SMILES string of the molecule is CCC(C)C(C)C1(C)CCC(C)C1C. The summed E-state index contributed by atoms with van der Waals surface area (Å²) < 4.78 is 0. The van der Waals surface area contributed by atoms with Gasteiger partial charge >= 0.3 is 0 Å². The fraction of sp³-hybridized carbons (Fsp3) is 1.00. The van der Waals surface area contributed by atoms with Crippen molar-refractivity contribution in [1.82, 2.24) is 0 Å². The highest BCUT2D eigenvalue weighted by atomic mass is 14.5. The highest BCUT2D eigenvalue weighted by Gasteiger charge is 2.44. The van der Waals surface area contributed by atoms with Crippen LogP contribution in [0.3, 0.4) is 0 Å². The van der Waals surface area contributed by atoms with Gasteiger partial charge in [0.2, 0.25) is 0 Å². The smallest absolute Gasteiger partial charge is 0.0269 e. The summed E-state index contributed by atoms with van der Waals surface area (Å²) in [7, 11) is 0. The maximum absolute atomic E-state index is 2.53. The van der Waals surface area contributed by atoms with Gasteiger partial charge in [-0.05, 0) is 41.9 Å². The molecule has 14 heavy (non-hydrogen) atoms. The summed E-state index contributed by atoms with van der Waals surface area (Å²) in [4.78, 5) is 0. The lowest BCUT2D eigenvalue weighted by atomic mass is 9.65. The Hall–Kier alpha value is 0. The van der Waals surface area contributed by atoms with Gasteiger partial charge in [-0.3, -0.25) is 0 Å². The first-order valence-corrected chi connectivity index (χ1v) is 6.43. The Morgan fingerprint density at radius 1 is 1.29 bits per heavy atom. The van der Waals surface area contributed by atoms with E-state index in [1.165, 1.54) is 19.3 Å². The van der Waals surface area contributed by atoms with Crippen molar-refractivity contribution in [2.75, 3.05) is 0 Å². The first kappa shape index (κ1) is 12.1. The Kier molecular flexibility index (Phi) is 3.66. The van der Waals surface area contributed by atoms with Crippen molar-refractivity contribution >= 4 is 0 Å². The first-order chi connectivity index (χ1) is 6.43. The van der Waals surface area contributed by atoms with Crippen molar-refractivity contribution in [3.63, 3.8) is 0 Å². The molecule has 1 aliphatic rings. The molecule has 0 nitrogen and oxygen atoms in total. The lowest BCUT2D eigenvalue weighted by molar-refractivity contribution is 0.0881. The molecule has 0 heterocycles. The average Bonchev–Trinajstić information content (AvgIpc) is 2.45.